The van der Waals surface area contributed by atoms with Crippen LogP contribution in [-0.2, 0) is 6.42 Å². The average Bonchev–Trinajstić information content (AvgIpc) is 2.76. The standard InChI is InChI=1S/C16H20ClNS/c1-4-12-7-6-8-13(9-12)15(18-5-2)16-14(17)11(3)10-19-16/h6-10,15,18H,4-5H2,1-3H3. The molecule has 0 saturated heterocycles. The first-order chi connectivity index (χ1) is 9.17. The van der Waals surface area contributed by atoms with Crippen LogP contribution in [0.25, 0.3) is 0 Å². The quantitative estimate of drug-likeness (QED) is 0.820. The fourth-order valence-electron chi connectivity index (χ4n) is 2.20. The molecule has 0 aliphatic heterocycles. The van der Waals surface area contributed by atoms with Crippen molar-refractivity contribution in [3.63, 3.8) is 0 Å². The Bertz CT molecular complexity index is 547. The lowest BCUT2D eigenvalue weighted by molar-refractivity contribution is 0.639. The van der Waals surface area contributed by atoms with Crippen LogP contribution in [0.5, 0.6) is 0 Å². The van der Waals surface area contributed by atoms with E-state index in [1.54, 1.807) is 11.3 Å². The molecule has 2 rings (SSSR count). The molecule has 1 heterocycles. The third-order valence-corrected chi connectivity index (χ3v) is 5.07. The van der Waals surface area contributed by atoms with Gasteiger partial charge in [0.1, 0.15) is 0 Å². The second-order valence-corrected chi connectivity index (χ2v) is 5.98. The van der Waals surface area contributed by atoms with Gasteiger partial charge in [-0.05, 0) is 42.0 Å². The zero-order chi connectivity index (χ0) is 13.8. The van der Waals surface area contributed by atoms with Crippen LogP contribution < -0.4 is 5.32 Å². The minimum Gasteiger partial charge on any atom is -0.306 e. The van der Waals surface area contributed by atoms with Crippen LogP contribution in [0.3, 0.4) is 0 Å². The maximum atomic E-state index is 6.43. The average molecular weight is 294 g/mol. The number of aryl methyl sites for hydroxylation is 2. The van der Waals surface area contributed by atoms with E-state index < -0.39 is 0 Å². The highest BCUT2D eigenvalue weighted by Crippen LogP contribution is 2.35. The van der Waals surface area contributed by atoms with E-state index in [4.69, 9.17) is 11.6 Å². The van der Waals surface area contributed by atoms with Crippen LogP contribution in [-0.4, -0.2) is 6.54 Å². The van der Waals surface area contributed by atoms with Crippen molar-refractivity contribution in [1.29, 1.82) is 0 Å². The number of nitrogens with one attached hydrogen (secondary N) is 1. The summed E-state index contributed by atoms with van der Waals surface area (Å²) >= 11 is 8.17. The summed E-state index contributed by atoms with van der Waals surface area (Å²) in [7, 11) is 0. The van der Waals surface area contributed by atoms with Crippen molar-refractivity contribution in [3.8, 4) is 0 Å². The molecule has 0 saturated carbocycles. The molecule has 102 valence electrons. The zero-order valence-corrected chi connectivity index (χ0v) is 13.2. The molecular weight excluding hydrogens is 274 g/mol. The zero-order valence-electron chi connectivity index (χ0n) is 11.7. The van der Waals surface area contributed by atoms with Gasteiger partial charge in [-0.2, -0.15) is 0 Å². The molecule has 1 aromatic heterocycles. The van der Waals surface area contributed by atoms with Crippen molar-refractivity contribution in [2.75, 3.05) is 6.54 Å². The number of rotatable bonds is 5. The van der Waals surface area contributed by atoms with Crippen molar-refractivity contribution in [2.24, 2.45) is 0 Å². The first-order valence-corrected chi connectivity index (χ1v) is 7.98. The summed E-state index contributed by atoms with van der Waals surface area (Å²) in [4.78, 5) is 1.22. The minimum atomic E-state index is 0.197. The normalized spacial score (nSPS) is 12.6. The van der Waals surface area contributed by atoms with E-state index in [1.807, 2.05) is 0 Å². The molecule has 0 amide bonds. The second kappa shape index (κ2) is 6.56. The van der Waals surface area contributed by atoms with Gasteiger partial charge in [-0.1, -0.05) is 49.7 Å². The molecule has 0 spiro atoms. The summed E-state index contributed by atoms with van der Waals surface area (Å²) < 4.78 is 0. The van der Waals surface area contributed by atoms with E-state index >= 15 is 0 Å². The Morgan fingerprint density at radius 1 is 1.32 bits per heavy atom. The van der Waals surface area contributed by atoms with E-state index in [0.717, 1.165) is 23.6 Å². The Kier molecular flexibility index (Phi) is 5.03. The highest BCUT2D eigenvalue weighted by molar-refractivity contribution is 7.10. The van der Waals surface area contributed by atoms with Crippen molar-refractivity contribution in [3.05, 3.63) is 56.2 Å². The molecule has 0 aliphatic carbocycles. The number of hydrogen-bond acceptors (Lipinski definition) is 2. The Morgan fingerprint density at radius 2 is 2.11 bits per heavy atom. The maximum absolute atomic E-state index is 6.43. The summed E-state index contributed by atoms with van der Waals surface area (Å²) in [5, 5.41) is 6.58. The number of halogens is 1. The van der Waals surface area contributed by atoms with E-state index in [2.05, 4.69) is 55.7 Å². The van der Waals surface area contributed by atoms with Crippen LogP contribution in [0.4, 0.5) is 0 Å². The number of hydrogen-bond donors (Lipinski definition) is 1. The summed E-state index contributed by atoms with van der Waals surface area (Å²) in [5.74, 6) is 0. The molecule has 0 fully saturated rings. The van der Waals surface area contributed by atoms with Crippen LogP contribution >= 0.6 is 22.9 Å². The third kappa shape index (κ3) is 3.19. The van der Waals surface area contributed by atoms with Crippen LogP contribution in [0.1, 0.15) is 41.5 Å². The largest absolute Gasteiger partial charge is 0.306 e. The highest BCUT2D eigenvalue weighted by Gasteiger charge is 2.19. The maximum Gasteiger partial charge on any atom is 0.0686 e. The lowest BCUT2D eigenvalue weighted by atomic mass is 10.0. The van der Waals surface area contributed by atoms with Crippen LogP contribution in [0, 0.1) is 6.92 Å². The lowest BCUT2D eigenvalue weighted by Gasteiger charge is -2.18. The van der Waals surface area contributed by atoms with E-state index in [1.165, 1.54) is 16.0 Å². The van der Waals surface area contributed by atoms with E-state index in [9.17, 15) is 0 Å². The first kappa shape index (κ1) is 14.6. The molecule has 2 aromatic rings. The third-order valence-electron chi connectivity index (χ3n) is 3.29. The molecule has 1 aromatic carbocycles. The smallest absolute Gasteiger partial charge is 0.0686 e. The van der Waals surface area contributed by atoms with Gasteiger partial charge in [0.25, 0.3) is 0 Å². The summed E-state index contributed by atoms with van der Waals surface area (Å²) in [6, 6.07) is 8.96. The molecule has 0 aliphatic rings. The van der Waals surface area contributed by atoms with Gasteiger partial charge in [-0.25, -0.2) is 0 Å². The first-order valence-electron chi connectivity index (χ1n) is 6.73. The molecule has 1 N–H and O–H groups in total. The highest BCUT2D eigenvalue weighted by atomic mass is 35.5. The van der Waals surface area contributed by atoms with Gasteiger partial charge in [0.15, 0.2) is 0 Å². The number of benzene rings is 1. The van der Waals surface area contributed by atoms with Gasteiger partial charge in [0, 0.05) is 4.88 Å². The Morgan fingerprint density at radius 3 is 2.68 bits per heavy atom. The summed E-state index contributed by atoms with van der Waals surface area (Å²) in [6.45, 7) is 7.30. The predicted molar refractivity (Wildman–Crippen MR) is 85.4 cm³/mol. The van der Waals surface area contributed by atoms with Gasteiger partial charge < -0.3 is 5.32 Å². The fraction of sp³-hybridized carbons (Fsp3) is 0.375. The van der Waals surface area contributed by atoms with Gasteiger partial charge in [-0.15, -0.1) is 11.3 Å². The van der Waals surface area contributed by atoms with Gasteiger partial charge in [0.2, 0.25) is 0 Å². The topological polar surface area (TPSA) is 12.0 Å². The van der Waals surface area contributed by atoms with Gasteiger partial charge >= 0.3 is 0 Å². The fourth-order valence-corrected chi connectivity index (χ4v) is 3.61. The van der Waals surface area contributed by atoms with Gasteiger partial charge in [-0.3, -0.25) is 0 Å². The lowest BCUT2D eigenvalue weighted by Crippen LogP contribution is -2.21. The Hall–Kier alpha value is -0.830. The minimum absolute atomic E-state index is 0.197. The molecular formula is C16H20ClNS. The number of thiophene rings is 1. The van der Waals surface area contributed by atoms with Crippen molar-refractivity contribution in [1.82, 2.24) is 5.32 Å². The van der Waals surface area contributed by atoms with Gasteiger partial charge in [0.05, 0.1) is 11.1 Å². The Labute approximate surface area is 124 Å². The van der Waals surface area contributed by atoms with Crippen LogP contribution in [0.15, 0.2) is 29.6 Å². The SMILES string of the molecule is CCNC(c1cccc(CC)c1)c1scc(C)c1Cl. The molecule has 1 nitrogen and oxygen atoms in total. The van der Waals surface area contributed by atoms with E-state index in [0.29, 0.717) is 0 Å². The summed E-state index contributed by atoms with van der Waals surface area (Å²) in [5.41, 5.74) is 3.82. The molecule has 19 heavy (non-hydrogen) atoms. The summed E-state index contributed by atoms with van der Waals surface area (Å²) in [6.07, 6.45) is 1.06. The van der Waals surface area contributed by atoms with Crippen molar-refractivity contribution < 1.29 is 0 Å². The Balaban J connectivity index is 2.42. The second-order valence-electron chi connectivity index (χ2n) is 4.69. The molecule has 0 bridgehead atoms. The molecule has 3 heteroatoms. The molecule has 1 unspecified atom stereocenters. The molecule has 1 atom stereocenters. The van der Waals surface area contributed by atoms with E-state index in [-0.39, 0.29) is 6.04 Å². The van der Waals surface area contributed by atoms with Crippen LogP contribution in [0.2, 0.25) is 5.02 Å². The monoisotopic (exact) mass is 293 g/mol. The van der Waals surface area contributed by atoms with Crippen molar-refractivity contribution >= 4 is 22.9 Å². The predicted octanol–water partition coefficient (Wildman–Crippen LogP) is 4.97. The van der Waals surface area contributed by atoms with Crippen molar-refractivity contribution in [2.45, 2.75) is 33.2 Å². The molecule has 0 radical (unpaired) electrons.